The summed E-state index contributed by atoms with van der Waals surface area (Å²) in [5, 5.41) is 4.54. The van der Waals surface area contributed by atoms with Crippen LogP contribution < -0.4 is 9.62 Å². The predicted molar refractivity (Wildman–Crippen MR) is 145 cm³/mol. The number of amides is 2. The van der Waals surface area contributed by atoms with Gasteiger partial charge in [-0.2, -0.15) is 0 Å². The Balaban J connectivity index is 2.00. The summed E-state index contributed by atoms with van der Waals surface area (Å²) in [6.45, 7) is 7.27. The molecule has 3 rings (SSSR count). The summed E-state index contributed by atoms with van der Waals surface area (Å²) in [6.07, 6.45) is 1.85. The minimum absolute atomic E-state index is 0.0430. The van der Waals surface area contributed by atoms with Crippen molar-refractivity contribution in [2.45, 2.75) is 52.7 Å². The van der Waals surface area contributed by atoms with Crippen molar-refractivity contribution in [3.05, 3.63) is 77.9 Å². The lowest BCUT2D eigenvalue weighted by Crippen LogP contribution is -2.52. The molecule has 0 saturated heterocycles. The van der Waals surface area contributed by atoms with Crippen molar-refractivity contribution in [2.24, 2.45) is 0 Å². The summed E-state index contributed by atoms with van der Waals surface area (Å²) < 4.78 is 26.9. The lowest BCUT2D eigenvalue weighted by molar-refractivity contribution is -0.139. The van der Waals surface area contributed by atoms with Crippen molar-refractivity contribution in [1.29, 1.82) is 0 Å². The highest BCUT2D eigenvalue weighted by Crippen LogP contribution is 2.28. The number of anilines is 1. The van der Waals surface area contributed by atoms with E-state index in [1.807, 2.05) is 75.4 Å². The summed E-state index contributed by atoms with van der Waals surface area (Å²) in [6, 6.07) is 19.6. The number of carbonyl (C=O) groups excluding carboxylic acids is 2. The molecule has 0 heterocycles. The minimum Gasteiger partial charge on any atom is -0.352 e. The van der Waals surface area contributed by atoms with Gasteiger partial charge in [0.15, 0.2) is 0 Å². The maximum Gasteiger partial charge on any atom is 0.244 e. The van der Waals surface area contributed by atoms with E-state index in [0.29, 0.717) is 5.69 Å². The van der Waals surface area contributed by atoms with E-state index in [0.717, 1.165) is 38.9 Å². The summed E-state index contributed by atoms with van der Waals surface area (Å²) in [5.74, 6) is -0.731. The third kappa shape index (κ3) is 6.43. The standard InChI is InChI=1S/C28H35N3O4S/c1-6-21(3)29-28(33)22(4)30(18-24-14-8-7-12-20(24)2)27(32)19-31(36(5,34)35)26-17-11-15-23-13-9-10-16-25(23)26/h7-17,21-22H,6,18-19H2,1-5H3,(H,29,33)/t21-,22-/m1/s1. The van der Waals surface area contributed by atoms with Gasteiger partial charge in [0.2, 0.25) is 21.8 Å². The van der Waals surface area contributed by atoms with Crippen LogP contribution >= 0.6 is 0 Å². The zero-order valence-electron chi connectivity index (χ0n) is 21.6. The van der Waals surface area contributed by atoms with E-state index < -0.39 is 28.5 Å². The molecule has 0 aliphatic carbocycles. The Morgan fingerprint density at radius 2 is 1.58 bits per heavy atom. The molecule has 2 atom stereocenters. The fourth-order valence-corrected chi connectivity index (χ4v) is 4.90. The number of nitrogens with one attached hydrogen (secondary N) is 1. The van der Waals surface area contributed by atoms with E-state index >= 15 is 0 Å². The van der Waals surface area contributed by atoms with Crippen LogP contribution in [0.25, 0.3) is 10.8 Å². The molecule has 0 spiro atoms. The van der Waals surface area contributed by atoms with Crippen LogP contribution in [-0.4, -0.2) is 50.0 Å². The van der Waals surface area contributed by atoms with Crippen LogP contribution in [0.5, 0.6) is 0 Å². The van der Waals surface area contributed by atoms with Gasteiger partial charge in [0.05, 0.1) is 11.9 Å². The van der Waals surface area contributed by atoms with Crippen molar-refractivity contribution in [3.63, 3.8) is 0 Å². The maximum atomic E-state index is 13.8. The third-order valence-electron chi connectivity index (χ3n) is 6.48. The highest BCUT2D eigenvalue weighted by atomic mass is 32.2. The monoisotopic (exact) mass is 509 g/mol. The summed E-state index contributed by atoms with van der Waals surface area (Å²) in [7, 11) is -3.80. The highest BCUT2D eigenvalue weighted by molar-refractivity contribution is 7.92. The molecule has 36 heavy (non-hydrogen) atoms. The molecule has 0 aromatic heterocycles. The molecule has 8 heteroatoms. The van der Waals surface area contributed by atoms with Gasteiger partial charge in [-0.15, -0.1) is 0 Å². The molecule has 0 aliphatic rings. The number of fused-ring (bicyclic) bond motifs is 1. The number of nitrogens with zero attached hydrogens (tertiary/aromatic N) is 2. The van der Waals surface area contributed by atoms with Crippen LogP contribution in [0, 0.1) is 6.92 Å². The number of aryl methyl sites for hydroxylation is 1. The number of carbonyl (C=O) groups is 2. The number of rotatable bonds is 10. The molecule has 0 bridgehead atoms. The maximum absolute atomic E-state index is 13.8. The van der Waals surface area contributed by atoms with Crippen molar-refractivity contribution in [1.82, 2.24) is 10.2 Å². The van der Waals surface area contributed by atoms with Gasteiger partial charge < -0.3 is 10.2 Å². The van der Waals surface area contributed by atoms with Gasteiger partial charge in [-0.1, -0.05) is 67.6 Å². The Bertz CT molecular complexity index is 1330. The highest BCUT2D eigenvalue weighted by Gasteiger charge is 2.31. The molecule has 3 aromatic carbocycles. The van der Waals surface area contributed by atoms with Crippen molar-refractivity contribution in [2.75, 3.05) is 17.1 Å². The molecule has 0 saturated carbocycles. The number of benzene rings is 3. The second kappa shape index (κ2) is 11.6. The van der Waals surface area contributed by atoms with E-state index in [2.05, 4.69) is 5.32 Å². The Morgan fingerprint density at radius 1 is 0.944 bits per heavy atom. The van der Waals surface area contributed by atoms with Crippen LogP contribution in [0.15, 0.2) is 66.7 Å². The number of hydrogen-bond acceptors (Lipinski definition) is 4. The van der Waals surface area contributed by atoms with Gasteiger partial charge in [-0.3, -0.25) is 13.9 Å². The van der Waals surface area contributed by atoms with Crippen LogP contribution in [0.2, 0.25) is 0 Å². The second-order valence-electron chi connectivity index (χ2n) is 9.21. The third-order valence-corrected chi connectivity index (χ3v) is 7.61. The summed E-state index contributed by atoms with van der Waals surface area (Å²) in [5.41, 5.74) is 2.31. The van der Waals surface area contributed by atoms with Crippen molar-refractivity contribution >= 4 is 38.3 Å². The van der Waals surface area contributed by atoms with E-state index in [4.69, 9.17) is 0 Å². The fourth-order valence-electron chi connectivity index (χ4n) is 4.04. The largest absolute Gasteiger partial charge is 0.352 e. The van der Waals surface area contributed by atoms with Crippen LogP contribution in [0.4, 0.5) is 5.69 Å². The molecule has 0 fully saturated rings. The Labute approximate surface area is 214 Å². The normalized spacial score (nSPS) is 13.1. The molecule has 0 aliphatic heterocycles. The van der Waals surface area contributed by atoms with Gasteiger partial charge in [0.25, 0.3) is 0 Å². The molecular weight excluding hydrogens is 474 g/mol. The van der Waals surface area contributed by atoms with Gasteiger partial charge >= 0.3 is 0 Å². The topological polar surface area (TPSA) is 86.8 Å². The Morgan fingerprint density at radius 3 is 2.25 bits per heavy atom. The lowest BCUT2D eigenvalue weighted by Gasteiger charge is -2.32. The summed E-state index contributed by atoms with van der Waals surface area (Å²) >= 11 is 0. The number of sulfonamides is 1. The zero-order valence-corrected chi connectivity index (χ0v) is 22.4. The van der Waals surface area contributed by atoms with Crippen molar-refractivity contribution < 1.29 is 18.0 Å². The molecule has 0 unspecified atom stereocenters. The smallest absolute Gasteiger partial charge is 0.244 e. The lowest BCUT2D eigenvalue weighted by atomic mass is 10.1. The van der Waals surface area contributed by atoms with Gasteiger partial charge in [-0.05, 0) is 49.8 Å². The molecular formula is C28H35N3O4S. The van der Waals surface area contributed by atoms with Gasteiger partial charge in [0, 0.05) is 18.0 Å². The van der Waals surface area contributed by atoms with Crippen LogP contribution in [0.1, 0.15) is 38.3 Å². The summed E-state index contributed by atoms with van der Waals surface area (Å²) in [4.78, 5) is 28.3. The number of hydrogen-bond donors (Lipinski definition) is 1. The first-order valence-electron chi connectivity index (χ1n) is 12.1. The Hall–Kier alpha value is -3.39. The zero-order chi connectivity index (χ0) is 26.5. The SMILES string of the molecule is CC[C@@H](C)NC(=O)[C@@H](C)N(Cc1ccccc1C)C(=O)CN(c1cccc2ccccc12)S(C)(=O)=O. The van der Waals surface area contributed by atoms with Gasteiger partial charge in [-0.25, -0.2) is 8.42 Å². The first kappa shape index (κ1) is 27.2. The van der Waals surface area contributed by atoms with Crippen LogP contribution in [-0.2, 0) is 26.2 Å². The minimum atomic E-state index is -3.80. The first-order chi connectivity index (χ1) is 17.0. The van der Waals surface area contributed by atoms with E-state index in [1.54, 1.807) is 19.1 Å². The average Bonchev–Trinajstić information content (AvgIpc) is 2.85. The molecule has 1 N–H and O–H groups in total. The predicted octanol–water partition coefficient (Wildman–Crippen LogP) is 4.25. The first-order valence-corrected chi connectivity index (χ1v) is 14.0. The molecule has 2 amide bonds. The van der Waals surface area contributed by atoms with Crippen molar-refractivity contribution in [3.8, 4) is 0 Å². The van der Waals surface area contributed by atoms with E-state index in [-0.39, 0.29) is 18.5 Å². The fraction of sp³-hybridized carbons (Fsp3) is 0.357. The van der Waals surface area contributed by atoms with Crippen LogP contribution in [0.3, 0.4) is 0 Å². The molecule has 0 radical (unpaired) electrons. The second-order valence-corrected chi connectivity index (χ2v) is 11.1. The van der Waals surface area contributed by atoms with E-state index in [9.17, 15) is 18.0 Å². The molecule has 3 aromatic rings. The Kier molecular flexibility index (Phi) is 8.74. The van der Waals surface area contributed by atoms with Gasteiger partial charge in [0.1, 0.15) is 12.6 Å². The molecule has 192 valence electrons. The molecule has 7 nitrogen and oxygen atoms in total. The van der Waals surface area contributed by atoms with E-state index in [1.165, 1.54) is 4.90 Å². The quantitative estimate of drug-likeness (QED) is 0.443. The average molecular weight is 510 g/mol.